The number of para-hydroxylation sites is 1. The maximum atomic E-state index is 13.1. The second kappa shape index (κ2) is 11.0. The average Bonchev–Trinajstić information content (AvgIpc) is 2.94. The molecule has 0 heterocycles. The van der Waals surface area contributed by atoms with E-state index in [9.17, 15) is 4.79 Å². The molecule has 0 atom stereocenters. The van der Waals surface area contributed by atoms with Gasteiger partial charge in [-0.15, -0.1) is 0 Å². The highest BCUT2D eigenvalue weighted by atomic mass is 79.9. The van der Waals surface area contributed by atoms with Crippen LogP contribution in [0.5, 0.6) is 5.75 Å². The zero-order chi connectivity index (χ0) is 24.8. The molecule has 0 N–H and O–H groups in total. The van der Waals surface area contributed by atoms with E-state index in [0.29, 0.717) is 15.8 Å². The van der Waals surface area contributed by atoms with Gasteiger partial charge in [-0.3, -0.25) is 0 Å². The summed E-state index contributed by atoms with van der Waals surface area (Å²) in [7, 11) is -2.13. The lowest BCUT2D eigenvalue weighted by Crippen LogP contribution is -2.32. The predicted octanol–water partition coefficient (Wildman–Crippen LogP) is 7.16. The standard InChI is InChI=1S/C32H25BrO2P/c33-30-22-12-11-21-29(30)32(34)35-31-23-13-10-14-25(31)24-36(26-15-4-1-5-16-26,27-17-6-2-7-18-27)28-19-8-3-9-20-28/h1-23H,24H2/q+1. The molecule has 0 unspecified atom stereocenters. The predicted molar refractivity (Wildman–Crippen MR) is 154 cm³/mol. The first kappa shape index (κ1) is 24.2. The summed E-state index contributed by atoms with van der Waals surface area (Å²) in [5.41, 5.74) is 1.50. The number of benzene rings is 5. The summed E-state index contributed by atoms with van der Waals surface area (Å²) in [6, 6.07) is 47.4. The topological polar surface area (TPSA) is 26.3 Å². The van der Waals surface area contributed by atoms with E-state index in [-0.39, 0.29) is 5.97 Å². The Morgan fingerprint density at radius 3 is 1.56 bits per heavy atom. The van der Waals surface area contributed by atoms with Crippen molar-refractivity contribution in [2.45, 2.75) is 6.16 Å². The van der Waals surface area contributed by atoms with Gasteiger partial charge in [-0.1, -0.05) is 84.9 Å². The summed E-state index contributed by atoms with van der Waals surface area (Å²) in [5, 5.41) is 3.86. The van der Waals surface area contributed by atoms with E-state index in [0.717, 1.165) is 11.7 Å². The lowest BCUT2D eigenvalue weighted by atomic mass is 10.2. The van der Waals surface area contributed by atoms with Crippen molar-refractivity contribution >= 4 is 45.1 Å². The van der Waals surface area contributed by atoms with Gasteiger partial charge in [-0.25, -0.2) is 4.79 Å². The largest absolute Gasteiger partial charge is 0.422 e. The van der Waals surface area contributed by atoms with Crippen LogP contribution in [0.3, 0.4) is 0 Å². The monoisotopic (exact) mass is 551 g/mol. The summed E-state index contributed by atoms with van der Waals surface area (Å²) < 4.78 is 6.73. The molecule has 0 bridgehead atoms. The number of carbonyl (C=O) groups is 1. The number of hydrogen-bond acceptors (Lipinski definition) is 2. The van der Waals surface area contributed by atoms with E-state index in [2.05, 4.69) is 113 Å². The molecule has 2 nitrogen and oxygen atoms in total. The number of hydrogen-bond donors (Lipinski definition) is 0. The Morgan fingerprint density at radius 2 is 1.03 bits per heavy atom. The molecule has 0 spiro atoms. The summed E-state index contributed by atoms with van der Waals surface area (Å²) in [6.45, 7) is 0. The minimum absolute atomic E-state index is 0.377. The molecule has 0 saturated heterocycles. The molecule has 5 aromatic carbocycles. The smallest absolute Gasteiger partial charge is 0.344 e. The Morgan fingerprint density at radius 1 is 0.583 bits per heavy atom. The highest BCUT2D eigenvalue weighted by molar-refractivity contribution is 9.10. The lowest BCUT2D eigenvalue weighted by molar-refractivity contribution is 0.0732. The summed E-state index contributed by atoms with van der Waals surface area (Å²) in [4.78, 5) is 13.1. The first-order valence-electron chi connectivity index (χ1n) is 11.8. The van der Waals surface area contributed by atoms with Gasteiger partial charge < -0.3 is 4.74 Å². The van der Waals surface area contributed by atoms with Gasteiger partial charge in [0.05, 0.1) is 5.56 Å². The zero-order valence-electron chi connectivity index (χ0n) is 19.6. The number of ether oxygens (including phenoxy) is 1. The fraction of sp³-hybridized carbons (Fsp3) is 0.0312. The lowest BCUT2D eigenvalue weighted by Gasteiger charge is -2.28. The molecule has 0 radical (unpaired) electrons. The van der Waals surface area contributed by atoms with Crippen LogP contribution >= 0.6 is 23.2 Å². The Balaban J connectivity index is 1.65. The van der Waals surface area contributed by atoms with Gasteiger partial charge in [-0.05, 0) is 70.5 Å². The van der Waals surface area contributed by atoms with Crippen LogP contribution in [0.1, 0.15) is 15.9 Å². The maximum absolute atomic E-state index is 13.1. The zero-order valence-corrected chi connectivity index (χ0v) is 22.1. The van der Waals surface area contributed by atoms with Gasteiger partial charge in [0.2, 0.25) is 0 Å². The molecule has 0 amide bonds. The van der Waals surface area contributed by atoms with Gasteiger partial charge in [0.1, 0.15) is 35.1 Å². The second-order valence-electron chi connectivity index (χ2n) is 8.45. The van der Waals surface area contributed by atoms with Crippen LogP contribution in [0.15, 0.2) is 144 Å². The molecular formula is C32H25BrO2P+. The molecule has 0 saturated carbocycles. The van der Waals surface area contributed by atoms with E-state index in [4.69, 9.17) is 4.74 Å². The molecule has 5 aromatic rings. The van der Waals surface area contributed by atoms with Crippen molar-refractivity contribution in [2.24, 2.45) is 0 Å². The molecule has 0 aromatic heterocycles. The SMILES string of the molecule is O=C(Oc1ccccc1C[P+](c1ccccc1)(c1ccccc1)c1ccccc1)c1ccccc1Br. The van der Waals surface area contributed by atoms with Gasteiger partial charge >= 0.3 is 5.97 Å². The van der Waals surface area contributed by atoms with Crippen molar-refractivity contribution in [3.05, 3.63) is 155 Å². The summed E-state index contributed by atoms with van der Waals surface area (Å²) in [5.74, 6) is 0.211. The third-order valence-electron chi connectivity index (χ3n) is 6.27. The quantitative estimate of drug-likeness (QED) is 0.122. The normalized spacial score (nSPS) is 11.1. The van der Waals surface area contributed by atoms with Gasteiger partial charge in [0, 0.05) is 10.0 Å². The molecule has 176 valence electrons. The molecular weight excluding hydrogens is 527 g/mol. The Bertz CT molecular complexity index is 1360. The fourth-order valence-electron chi connectivity index (χ4n) is 4.54. The minimum atomic E-state index is -2.13. The van der Waals surface area contributed by atoms with Gasteiger partial charge in [0.25, 0.3) is 0 Å². The number of carbonyl (C=O) groups excluding carboxylic acids is 1. The number of halogens is 1. The van der Waals surface area contributed by atoms with Crippen LogP contribution in [0.25, 0.3) is 0 Å². The summed E-state index contributed by atoms with van der Waals surface area (Å²) >= 11 is 3.47. The van der Waals surface area contributed by atoms with Crippen molar-refractivity contribution in [3.63, 3.8) is 0 Å². The van der Waals surface area contributed by atoms with Crippen LogP contribution in [-0.4, -0.2) is 5.97 Å². The number of rotatable bonds is 7. The van der Waals surface area contributed by atoms with E-state index in [1.807, 2.05) is 36.4 Å². The molecule has 0 aliphatic rings. The van der Waals surface area contributed by atoms with E-state index in [1.54, 1.807) is 6.07 Å². The molecule has 0 aliphatic carbocycles. The van der Waals surface area contributed by atoms with E-state index < -0.39 is 7.26 Å². The van der Waals surface area contributed by atoms with Crippen LogP contribution in [0, 0.1) is 0 Å². The summed E-state index contributed by atoms with van der Waals surface area (Å²) in [6.07, 6.45) is 0.727. The Labute approximate surface area is 221 Å². The van der Waals surface area contributed by atoms with Crippen LogP contribution < -0.4 is 20.7 Å². The highest BCUT2D eigenvalue weighted by Gasteiger charge is 2.46. The van der Waals surface area contributed by atoms with E-state index in [1.165, 1.54) is 15.9 Å². The van der Waals surface area contributed by atoms with Crippen LogP contribution in [0.4, 0.5) is 0 Å². The minimum Gasteiger partial charge on any atom is -0.422 e. The van der Waals surface area contributed by atoms with Crippen molar-refractivity contribution in [1.29, 1.82) is 0 Å². The number of esters is 1. The van der Waals surface area contributed by atoms with Gasteiger partial charge in [0.15, 0.2) is 0 Å². The molecule has 4 heteroatoms. The molecule has 36 heavy (non-hydrogen) atoms. The van der Waals surface area contributed by atoms with Crippen molar-refractivity contribution < 1.29 is 9.53 Å². The van der Waals surface area contributed by atoms with Crippen LogP contribution in [-0.2, 0) is 6.16 Å². The molecule has 5 rings (SSSR count). The first-order valence-corrected chi connectivity index (χ1v) is 14.5. The third kappa shape index (κ3) is 4.91. The third-order valence-corrected chi connectivity index (χ3v) is 11.3. The molecule has 0 aliphatic heterocycles. The molecule has 0 fully saturated rings. The second-order valence-corrected chi connectivity index (χ2v) is 12.8. The van der Waals surface area contributed by atoms with E-state index >= 15 is 0 Å². The highest BCUT2D eigenvalue weighted by Crippen LogP contribution is 2.59. The van der Waals surface area contributed by atoms with Crippen molar-refractivity contribution in [3.8, 4) is 5.75 Å². The Hall–Kier alpha value is -3.52. The van der Waals surface area contributed by atoms with Gasteiger partial charge in [-0.2, -0.15) is 0 Å². The Kier molecular flexibility index (Phi) is 7.41. The fourth-order valence-corrected chi connectivity index (χ4v) is 9.24. The maximum Gasteiger partial charge on any atom is 0.344 e. The van der Waals surface area contributed by atoms with Crippen molar-refractivity contribution in [2.75, 3.05) is 0 Å². The van der Waals surface area contributed by atoms with Crippen LogP contribution in [0.2, 0.25) is 0 Å². The average molecular weight is 552 g/mol. The van der Waals surface area contributed by atoms with Crippen molar-refractivity contribution in [1.82, 2.24) is 0 Å². The first-order chi connectivity index (χ1) is 17.7.